The summed E-state index contributed by atoms with van der Waals surface area (Å²) in [5.74, 6) is 0.569. The van der Waals surface area contributed by atoms with Crippen molar-refractivity contribution in [2.75, 3.05) is 21.1 Å². The van der Waals surface area contributed by atoms with Crippen LogP contribution in [-0.4, -0.2) is 46.7 Å². The molecule has 0 bridgehead atoms. The van der Waals surface area contributed by atoms with Crippen LogP contribution >= 0.6 is 0 Å². The van der Waals surface area contributed by atoms with Crippen LogP contribution in [0.1, 0.15) is 29.0 Å². The third-order valence-electron chi connectivity index (χ3n) is 3.15. The normalized spacial score (nSPS) is 12.2. The molecule has 0 fully saturated rings. The van der Waals surface area contributed by atoms with E-state index in [-0.39, 0.29) is 11.9 Å². The van der Waals surface area contributed by atoms with Crippen molar-refractivity contribution in [1.29, 1.82) is 0 Å². The van der Waals surface area contributed by atoms with Gasteiger partial charge < -0.3 is 10.2 Å². The van der Waals surface area contributed by atoms with Gasteiger partial charge in [0.1, 0.15) is 0 Å². The number of amides is 1. The molecular formula is C14H19N5O. The van der Waals surface area contributed by atoms with E-state index in [9.17, 15) is 4.79 Å². The maximum Gasteiger partial charge on any atom is 0.273 e. The first kappa shape index (κ1) is 14.2. The quantitative estimate of drug-likeness (QED) is 0.910. The van der Waals surface area contributed by atoms with Gasteiger partial charge in [0.2, 0.25) is 0 Å². The third kappa shape index (κ3) is 2.85. The molecule has 2 aromatic heterocycles. The van der Waals surface area contributed by atoms with Crippen molar-refractivity contribution in [2.45, 2.75) is 13.0 Å². The van der Waals surface area contributed by atoms with Gasteiger partial charge in [-0.3, -0.25) is 4.79 Å². The van der Waals surface area contributed by atoms with Gasteiger partial charge in [-0.2, -0.15) is 5.10 Å². The van der Waals surface area contributed by atoms with Gasteiger partial charge in [-0.05, 0) is 31.7 Å². The molecule has 1 atom stereocenters. The fraction of sp³-hybridized carbons (Fsp3) is 0.357. The molecule has 0 radical (unpaired) electrons. The molecule has 1 amide bonds. The second-order valence-corrected chi connectivity index (χ2v) is 4.81. The van der Waals surface area contributed by atoms with Crippen LogP contribution in [0.15, 0.2) is 30.6 Å². The Balaban J connectivity index is 2.22. The van der Waals surface area contributed by atoms with Gasteiger partial charge >= 0.3 is 0 Å². The molecule has 0 saturated carbocycles. The Bertz CT molecular complexity index is 588. The second-order valence-electron chi connectivity index (χ2n) is 4.81. The Hall–Kier alpha value is -2.21. The van der Waals surface area contributed by atoms with E-state index in [1.807, 2.05) is 25.4 Å². The van der Waals surface area contributed by atoms with Crippen molar-refractivity contribution in [1.82, 2.24) is 25.0 Å². The highest BCUT2D eigenvalue weighted by atomic mass is 16.2. The van der Waals surface area contributed by atoms with E-state index in [2.05, 4.69) is 22.3 Å². The van der Waals surface area contributed by atoms with E-state index >= 15 is 0 Å². The molecule has 6 heteroatoms. The Labute approximate surface area is 118 Å². The highest BCUT2D eigenvalue weighted by Gasteiger charge is 2.12. The number of aromatic nitrogens is 3. The topological polar surface area (TPSA) is 63.1 Å². The molecule has 0 aliphatic heterocycles. The molecule has 0 saturated heterocycles. The van der Waals surface area contributed by atoms with Gasteiger partial charge in [-0.15, -0.1) is 0 Å². The number of nitrogens with one attached hydrogen (secondary N) is 1. The average molecular weight is 273 g/mol. The van der Waals surface area contributed by atoms with E-state index in [0.29, 0.717) is 11.5 Å². The Morgan fingerprint density at radius 1 is 1.35 bits per heavy atom. The highest BCUT2D eigenvalue weighted by Crippen LogP contribution is 2.12. The van der Waals surface area contributed by atoms with Crippen LogP contribution in [0.4, 0.5) is 0 Å². The first-order chi connectivity index (χ1) is 9.52. The molecule has 0 aliphatic carbocycles. The molecule has 2 rings (SSSR count). The number of carbonyl (C=O) groups excluding carboxylic acids is 1. The molecule has 106 valence electrons. The molecule has 0 aromatic carbocycles. The van der Waals surface area contributed by atoms with Gasteiger partial charge in [0, 0.05) is 32.5 Å². The summed E-state index contributed by atoms with van der Waals surface area (Å²) in [5, 5.41) is 7.40. The van der Waals surface area contributed by atoms with E-state index < -0.39 is 0 Å². The lowest BCUT2D eigenvalue weighted by molar-refractivity contribution is 0.0821. The van der Waals surface area contributed by atoms with Crippen LogP contribution in [0.5, 0.6) is 0 Å². The zero-order valence-electron chi connectivity index (χ0n) is 12.2. The maximum absolute atomic E-state index is 11.8. The summed E-state index contributed by atoms with van der Waals surface area (Å²) < 4.78 is 1.60. The van der Waals surface area contributed by atoms with Crippen molar-refractivity contribution in [3.63, 3.8) is 0 Å². The smallest absolute Gasteiger partial charge is 0.273 e. The van der Waals surface area contributed by atoms with Gasteiger partial charge in [-0.1, -0.05) is 6.07 Å². The standard InChI is InChI=1S/C14H19N5O/c1-10(15-2)11-5-6-13(16-9-11)19-8-7-12(17-19)14(20)18(3)4/h5-10,15H,1-4H3. The lowest BCUT2D eigenvalue weighted by atomic mass is 10.1. The summed E-state index contributed by atoms with van der Waals surface area (Å²) in [6, 6.07) is 5.83. The van der Waals surface area contributed by atoms with Crippen molar-refractivity contribution < 1.29 is 4.79 Å². The first-order valence-electron chi connectivity index (χ1n) is 6.44. The van der Waals surface area contributed by atoms with Crippen molar-refractivity contribution in [3.05, 3.63) is 41.9 Å². The van der Waals surface area contributed by atoms with E-state index in [4.69, 9.17) is 0 Å². The lowest BCUT2D eigenvalue weighted by Gasteiger charge is -2.10. The molecule has 2 heterocycles. The number of hydrogen-bond acceptors (Lipinski definition) is 4. The zero-order chi connectivity index (χ0) is 14.7. The first-order valence-corrected chi connectivity index (χ1v) is 6.44. The predicted molar refractivity (Wildman–Crippen MR) is 76.9 cm³/mol. The maximum atomic E-state index is 11.8. The number of nitrogens with zero attached hydrogens (tertiary/aromatic N) is 4. The summed E-state index contributed by atoms with van der Waals surface area (Å²) in [6.45, 7) is 2.07. The number of carbonyl (C=O) groups is 1. The SMILES string of the molecule is CNC(C)c1ccc(-n2ccc(C(=O)N(C)C)n2)nc1. The van der Waals surface area contributed by atoms with Gasteiger partial charge in [0.05, 0.1) is 0 Å². The van der Waals surface area contributed by atoms with Crippen molar-refractivity contribution in [2.24, 2.45) is 0 Å². The number of hydrogen-bond donors (Lipinski definition) is 1. The summed E-state index contributed by atoms with van der Waals surface area (Å²) >= 11 is 0. The van der Waals surface area contributed by atoms with Crippen LogP contribution < -0.4 is 5.32 Å². The van der Waals surface area contributed by atoms with E-state index in [1.165, 1.54) is 4.90 Å². The number of rotatable bonds is 4. The molecular weight excluding hydrogens is 254 g/mol. The Morgan fingerprint density at radius 3 is 2.65 bits per heavy atom. The molecule has 2 aromatic rings. The summed E-state index contributed by atoms with van der Waals surface area (Å²) in [4.78, 5) is 17.7. The highest BCUT2D eigenvalue weighted by molar-refractivity contribution is 5.91. The van der Waals surface area contributed by atoms with Crippen LogP contribution in [0.3, 0.4) is 0 Å². The minimum Gasteiger partial charge on any atom is -0.343 e. The van der Waals surface area contributed by atoms with Gasteiger partial charge in [-0.25, -0.2) is 9.67 Å². The molecule has 0 spiro atoms. The zero-order valence-corrected chi connectivity index (χ0v) is 12.2. The minimum absolute atomic E-state index is 0.121. The summed E-state index contributed by atoms with van der Waals surface area (Å²) in [7, 11) is 5.31. The number of pyridine rings is 1. The Kier molecular flexibility index (Phi) is 4.14. The van der Waals surface area contributed by atoms with E-state index in [0.717, 1.165) is 5.56 Å². The van der Waals surface area contributed by atoms with Crippen molar-refractivity contribution >= 4 is 5.91 Å². The molecule has 1 unspecified atom stereocenters. The fourth-order valence-corrected chi connectivity index (χ4v) is 1.75. The lowest BCUT2D eigenvalue weighted by Crippen LogP contribution is -2.22. The van der Waals surface area contributed by atoms with Crippen LogP contribution in [0.25, 0.3) is 5.82 Å². The fourth-order valence-electron chi connectivity index (χ4n) is 1.75. The summed E-state index contributed by atoms with van der Waals surface area (Å²) in [5.41, 5.74) is 1.51. The Morgan fingerprint density at radius 2 is 2.10 bits per heavy atom. The van der Waals surface area contributed by atoms with E-state index in [1.54, 1.807) is 31.0 Å². The predicted octanol–water partition coefficient (Wildman–Crippen LogP) is 1.25. The molecule has 6 nitrogen and oxygen atoms in total. The van der Waals surface area contributed by atoms with Gasteiger partial charge in [0.15, 0.2) is 11.5 Å². The van der Waals surface area contributed by atoms with Crippen LogP contribution in [0.2, 0.25) is 0 Å². The summed E-state index contributed by atoms with van der Waals surface area (Å²) in [6.07, 6.45) is 3.55. The molecule has 1 N–H and O–H groups in total. The molecule has 20 heavy (non-hydrogen) atoms. The average Bonchev–Trinajstić information content (AvgIpc) is 2.95. The van der Waals surface area contributed by atoms with Crippen LogP contribution in [-0.2, 0) is 0 Å². The third-order valence-corrected chi connectivity index (χ3v) is 3.15. The van der Waals surface area contributed by atoms with Gasteiger partial charge in [0.25, 0.3) is 5.91 Å². The second kappa shape index (κ2) is 5.83. The largest absolute Gasteiger partial charge is 0.343 e. The molecule has 0 aliphatic rings. The monoisotopic (exact) mass is 273 g/mol. The minimum atomic E-state index is -0.121. The van der Waals surface area contributed by atoms with Crippen LogP contribution in [0, 0.1) is 0 Å². The van der Waals surface area contributed by atoms with Crippen molar-refractivity contribution in [3.8, 4) is 5.82 Å².